The van der Waals surface area contributed by atoms with Crippen LogP contribution in [0.2, 0.25) is 0 Å². The minimum atomic E-state index is -0.0212. The minimum absolute atomic E-state index is 0.0212. The fourth-order valence-corrected chi connectivity index (χ4v) is 4.29. The maximum absolute atomic E-state index is 12.5. The van der Waals surface area contributed by atoms with E-state index in [0.717, 1.165) is 60.0 Å². The molecule has 1 N–H and O–H groups in total. The van der Waals surface area contributed by atoms with Crippen LogP contribution >= 0.6 is 11.3 Å². The van der Waals surface area contributed by atoms with Crippen LogP contribution in [0.4, 0.5) is 5.69 Å². The molecule has 0 saturated carbocycles. The first-order chi connectivity index (χ1) is 14.7. The number of thiophene rings is 1. The van der Waals surface area contributed by atoms with Gasteiger partial charge in [-0.05, 0) is 39.8 Å². The maximum Gasteiger partial charge on any atom is 0.261 e. The van der Waals surface area contributed by atoms with E-state index in [2.05, 4.69) is 39.3 Å². The van der Waals surface area contributed by atoms with Crippen LogP contribution in [0.15, 0.2) is 60.0 Å². The smallest absolute Gasteiger partial charge is 0.261 e. The number of morpholine rings is 1. The number of carbonyl (C=O) groups excluding carboxylic acids is 1. The molecule has 0 atom stereocenters. The van der Waals surface area contributed by atoms with Crippen molar-refractivity contribution in [2.24, 2.45) is 0 Å². The second-order valence-electron chi connectivity index (χ2n) is 7.15. The number of carbonyl (C=O) groups is 1. The summed E-state index contributed by atoms with van der Waals surface area (Å²) in [6, 6.07) is 17.8. The van der Waals surface area contributed by atoms with Gasteiger partial charge in [-0.3, -0.25) is 9.69 Å². The van der Waals surface area contributed by atoms with Crippen molar-refractivity contribution < 1.29 is 9.53 Å². The molecule has 2 aromatic carbocycles. The summed E-state index contributed by atoms with van der Waals surface area (Å²) in [6.07, 6.45) is 0. The number of benzene rings is 2. The van der Waals surface area contributed by atoms with Crippen LogP contribution in [0.1, 0.15) is 9.67 Å². The number of ether oxygens (including phenoxy) is 1. The fraction of sp³-hybridized carbons (Fsp3) is 0.250. The van der Waals surface area contributed by atoms with Crippen molar-refractivity contribution >= 4 is 22.9 Å². The van der Waals surface area contributed by atoms with E-state index in [-0.39, 0.29) is 5.91 Å². The van der Waals surface area contributed by atoms with Gasteiger partial charge >= 0.3 is 0 Å². The normalized spacial score (nSPS) is 14.2. The van der Waals surface area contributed by atoms with Gasteiger partial charge in [0.25, 0.3) is 5.91 Å². The number of amides is 1. The summed E-state index contributed by atoms with van der Waals surface area (Å²) in [6.45, 7) is 12.1. The first kappa shape index (κ1) is 20.3. The molecule has 3 aromatic rings. The van der Waals surface area contributed by atoms with Crippen LogP contribution in [-0.2, 0) is 4.74 Å². The van der Waals surface area contributed by atoms with Gasteiger partial charge < -0.3 is 10.1 Å². The second-order valence-corrected chi connectivity index (χ2v) is 8.06. The van der Waals surface area contributed by atoms with Crippen LogP contribution < -0.4 is 5.32 Å². The first-order valence-corrected chi connectivity index (χ1v) is 10.9. The highest BCUT2D eigenvalue weighted by Gasteiger charge is 2.13. The molecule has 0 aliphatic carbocycles. The van der Waals surface area contributed by atoms with Gasteiger partial charge in [0.05, 0.1) is 24.7 Å². The first-order valence-electron chi connectivity index (χ1n) is 9.98. The minimum Gasteiger partial charge on any atom is -0.379 e. The molecule has 5 nitrogen and oxygen atoms in total. The van der Waals surface area contributed by atoms with Crippen molar-refractivity contribution in [2.75, 3.05) is 39.4 Å². The predicted octanol–water partition coefficient (Wildman–Crippen LogP) is 4.69. The van der Waals surface area contributed by atoms with E-state index in [1.54, 1.807) is 0 Å². The zero-order valence-corrected chi connectivity index (χ0v) is 17.5. The molecule has 0 spiro atoms. The molecule has 4 rings (SSSR count). The zero-order valence-electron chi connectivity index (χ0n) is 16.6. The van der Waals surface area contributed by atoms with Gasteiger partial charge in [-0.15, -0.1) is 11.3 Å². The predicted molar refractivity (Wildman–Crippen MR) is 121 cm³/mol. The van der Waals surface area contributed by atoms with Crippen molar-refractivity contribution in [3.05, 3.63) is 76.3 Å². The highest BCUT2D eigenvalue weighted by atomic mass is 32.1. The van der Waals surface area contributed by atoms with Gasteiger partial charge in [-0.1, -0.05) is 42.5 Å². The lowest BCUT2D eigenvalue weighted by molar-refractivity contribution is 0.0383. The topological polar surface area (TPSA) is 45.9 Å². The number of nitrogens with zero attached hydrogens (tertiary/aromatic N) is 2. The number of nitrogens with one attached hydrogen (secondary N) is 1. The van der Waals surface area contributed by atoms with Crippen molar-refractivity contribution in [2.45, 2.75) is 0 Å². The molecule has 0 radical (unpaired) electrons. The van der Waals surface area contributed by atoms with E-state index in [1.165, 1.54) is 11.3 Å². The Morgan fingerprint density at radius 1 is 1.03 bits per heavy atom. The third kappa shape index (κ3) is 4.95. The van der Waals surface area contributed by atoms with Crippen LogP contribution in [0, 0.1) is 6.57 Å². The molecule has 152 valence electrons. The molecule has 0 unspecified atom stereocenters. The van der Waals surface area contributed by atoms with Gasteiger partial charge in [0.2, 0.25) is 0 Å². The molecule has 1 fully saturated rings. The van der Waals surface area contributed by atoms with E-state index in [1.807, 2.05) is 35.7 Å². The van der Waals surface area contributed by atoms with Gasteiger partial charge in [0.15, 0.2) is 5.69 Å². The Morgan fingerprint density at radius 2 is 1.77 bits per heavy atom. The van der Waals surface area contributed by atoms with Gasteiger partial charge in [0.1, 0.15) is 0 Å². The molecule has 1 saturated heterocycles. The molecule has 30 heavy (non-hydrogen) atoms. The molecular formula is C24H23N3O2S. The summed E-state index contributed by atoms with van der Waals surface area (Å²) in [5.74, 6) is -0.0212. The average molecular weight is 418 g/mol. The molecule has 1 aliphatic heterocycles. The van der Waals surface area contributed by atoms with Crippen LogP contribution in [0.3, 0.4) is 0 Å². The summed E-state index contributed by atoms with van der Waals surface area (Å²) in [5, 5.41) is 5.04. The van der Waals surface area contributed by atoms with E-state index < -0.39 is 0 Å². The van der Waals surface area contributed by atoms with E-state index in [9.17, 15) is 4.79 Å². The molecule has 1 aromatic heterocycles. The van der Waals surface area contributed by atoms with Crippen LogP contribution in [0.25, 0.3) is 27.1 Å². The quantitative estimate of drug-likeness (QED) is 0.592. The van der Waals surface area contributed by atoms with E-state index in [0.29, 0.717) is 12.2 Å². The zero-order chi connectivity index (χ0) is 20.8. The molecule has 2 heterocycles. The van der Waals surface area contributed by atoms with Crippen molar-refractivity contribution in [3.63, 3.8) is 0 Å². The summed E-state index contributed by atoms with van der Waals surface area (Å²) in [7, 11) is 0. The van der Waals surface area contributed by atoms with Crippen LogP contribution in [0.5, 0.6) is 0 Å². The highest BCUT2D eigenvalue weighted by molar-refractivity contribution is 7.12. The Morgan fingerprint density at radius 3 is 2.50 bits per heavy atom. The van der Waals surface area contributed by atoms with Gasteiger partial charge in [-0.2, -0.15) is 0 Å². The largest absolute Gasteiger partial charge is 0.379 e. The third-order valence-corrected chi connectivity index (χ3v) is 6.10. The lowest BCUT2D eigenvalue weighted by Crippen LogP contribution is -2.41. The van der Waals surface area contributed by atoms with Crippen LogP contribution in [-0.4, -0.2) is 50.2 Å². The molecule has 1 amide bonds. The van der Waals surface area contributed by atoms with E-state index in [4.69, 9.17) is 11.3 Å². The summed E-state index contributed by atoms with van der Waals surface area (Å²) >= 11 is 1.47. The SMILES string of the molecule is [C-]#[N+]c1cccc(-c2ccc(-c3csc(C(=O)NCCN4CCOCC4)c3)cc2)c1. The fourth-order valence-electron chi connectivity index (χ4n) is 3.46. The van der Waals surface area contributed by atoms with Crippen molar-refractivity contribution in [1.29, 1.82) is 0 Å². The lowest BCUT2D eigenvalue weighted by atomic mass is 10.0. The van der Waals surface area contributed by atoms with Gasteiger partial charge in [-0.25, -0.2) is 4.85 Å². The van der Waals surface area contributed by atoms with Gasteiger partial charge in [0, 0.05) is 26.2 Å². The maximum atomic E-state index is 12.5. The Kier molecular flexibility index (Phi) is 6.55. The monoisotopic (exact) mass is 417 g/mol. The summed E-state index contributed by atoms with van der Waals surface area (Å²) in [5.41, 5.74) is 4.85. The Balaban J connectivity index is 1.37. The highest BCUT2D eigenvalue weighted by Crippen LogP contribution is 2.29. The molecular weight excluding hydrogens is 394 g/mol. The van der Waals surface area contributed by atoms with E-state index >= 15 is 0 Å². The average Bonchev–Trinajstić information content (AvgIpc) is 3.30. The summed E-state index contributed by atoms with van der Waals surface area (Å²) < 4.78 is 5.35. The number of rotatable bonds is 6. The van der Waals surface area contributed by atoms with Crippen molar-refractivity contribution in [1.82, 2.24) is 10.2 Å². The third-order valence-electron chi connectivity index (χ3n) is 5.17. The Bertz CT molecular complexity index is 1050. The Labute approximate surface area is 180 Å². The number of hydrogen-bond acceptors (Lipinski definition) is 4. The number of hydrogen-bond donors (Lipinski definition) is 1. The molecule has 1 aliphatic rings. The second kappa shape index (κ2) is 9.68. The van der Waals surface area contributed by atoms with Crippen molar-refractivity contribution in [3.8, 4) is 22.3 Å². The standard InChI is InChI=1S/C24H23N3O2S/c1-25-22-4-2-3-20(15-22)18-5-7-19(8-6-18)21-16-23(30-17-21)24(28)26-9-10-27-11-13-29-14-12-27/h2-8,15-17H,9-14H2,(H,26,28). The Hall–Kier alpha value is -2.98. The molecule has 6 heteroatoms. The lowest BCUT2D eigenvalue weighted by Gasteiger charge is -2.26. The molecule has 0 bridgehead atoms. The summed E-state index contributed by atoms with van der Waals surface area (Å²) in [4.78, 5) is 19.0.